The monoisotopic (exact) mass is 157 g/mol. The molecular weight excluding hydrogens is 146 g/mol. The van der Waals surface area contributed by atoms with E-state index in [1.807, 2.05) is 24.8 Å². The third-order valence-electron chi connectivity index (χ3n) is 1.13. The van der Waals surface area contributed by atoms with Crippen molar-refractivity contribution in [3.05, 3.63) is 17.5 Å². The number of aromatic nitrogens is 1. The molecule has 56 valence electrons. The first-order chi connectivity index (χ1) is 4.83. The molecule has 0 unspecified atom stereocenters. The Morgan fingerprint density at radius 1 is 1.70 bits per heavy atom. The zero-order valence-electron chi connectivity index (χ0n) is 6.26. The summed E-state index contributed by atoms with van der Waals surface area (Å²) in [5, 5.41) is 3.86. The molecule has 1 aromatic rings. The smallest absolute Gasteiger partial charge is 0.133 e. The van der Waals surface area contributed by atoms with Gasteiger partial charge >= 0.3 is 0 Å². The summed E-state index contributed by atoms with van der Waals surface area (Å²) in [7, 11) is 0. The van der Waals surface area contributed by atoms with Crippen molar-refractivity contribution < 1.29 is 4.52 Å². The Morgan fingerprint density at radius 2 is 2.50 bits per heavy atom. The molecule has 3 heteroatoms. The molecule has 2 nitrogen and oxygen atoms in total. The van der Waals surface area contributed by atoms with Crippen LogP contribution >= 0.6 is 11.8 Å². The fourth-order valence-corrected chi connectivity index (χ4v) is 1.24. The van der Waals surface area contributed by atoms with Gasteiger partial charge in [0.25, 0.3) is 0 Å². The van der Waals surface area contributed by atoms with E-state index in [2.05, 4.69) is 12.1 Å². The molecular formula is C7H11NOS. The second-order valence-corrected chi connectivity index (χ2v) is 3.34. The van der Waals surface area contributed by atoms with Gasteiger partial charge in [0.05, 0.1) is 5.69 Å². The van der Waals surface area contributed by atoms with E-state index in [0.717, 1.165) is 23.0 Å². The lowest BCUT2D eigenvalue weighted by atomic mass is 10.4. The Labute approximate surface area is 65.0 Å². The van der Waals surface area contributed by atoms with Gasteiger partial charge in [-0.25, -0.2) is 0 Å². The maximum absolute atomic E-state index is 4.90. The summed E-state index contributed by atoms with van der Waals surface area (Å²) in [6.45, 7) is 4.05. The molecule has 0 amide bonds. The van der Waals surface area contributed by atoms with Gasteiger partial charge in [0.15, 0.2) is 0 Å². The van der Waals surface area contributed by atoms with Gasteiger partial charge in [-0.3, -0.25) is 0 Å². The molecule has 0 aromatic carbocycles. The minimum Gasteiger partial charge on any atom is -0.361 e. The average Bonchev–Trinajstić information content (AvgIpc) is 2.31. The summed E-state index contributed by atoms with van der Waals surface area (Å²) in [5.41, 5.74) is 1.05. The molecule has 0 atom stereocenters. The molecule has 0 radical (unpaired) electrons. The third kappa shape index (κ3) is 2.06. The fraction of sp³-hybridized carbons (Fsp3) is 0.571. The molecule has 0 aliphatic heterocycles. The van der Waals surface area contributed by atoms with Crippen LogP contribution in [0.1, 0.15) is 18.4 Å². The van der Waals surface area contributed by atoms with E-state index in [0.29, 0.717) is 0 Å². The van der Waals surface area contributed by atoms with Crippen LogP contribution in [0.2, 0.25) is 0 Å². The standard InChI is InChI=1S/C7H11NOS/c1-3-10-5-7-4-6(2)9-8-7/h4H,3,5H2,1-2H3. The first-order valence-corrected chi connectivity index (χ1v) is 4.48. The van der Waals surface area contributed by atoms with Crippen molar-refractivity contribution in [3.8, 4) is 0 Å². The number of hydrogen-bond acceptors (Lipinski definition) is 3. The normalized spacial score (nSPS) is 10.2. The van der Waals surface area contributed by atoms with Crippen molar-refractivity contribution in [2.45, 2.75) is 19.6 Å². The molecule has 0 fully saturated rings. The lowest BCUT2D eigenvalue weighted by molar-refractivity contribution is 0.393. The molecule has 1 aromatic heterocycles. The highest BCUT2D eigenvalue weighted by Crippen LogP contribution is 2.10. The Hall–Kier alpha value is -0.440. The van der Waals surface area contributed by atoms with Crippen molar-refractivity contribution >= 4 is 11.8 Å². The van der Waals surface area contributed by atoms with Gasteiger partial charge in [0, 0.05) is 11.8 Å². The van der Waals surface area contributed by atoms with Crippen LogP contribution in [0.4, 0.5) is 0 Å². The molecule has 0 aliphatic rings. The van der Waals surface area contributed by atoms with Gasteiger partial charge in [0.2, 0.25) is 0 Å². The lowest BCUT2D eigenvalue weighted by Crippen LogP contribution is -1.78. The van der Waals surface area contributed by atoms with E-state index in [4.69, 9.17) is 4.52 Å². The van der Waals surface area contributed by atoms with E-state index >= 15 is 0 Å². The predicted molar refractivity (Wildman–Crippen MR) is 43.1 cm³/mol. The molecule has 0 spiro atoms. The van der Waals surface area contributed by atoms with Crippen molar-refractivity contribution in [2.75, 3.05) is 5.75 Å². The summed E-state index contributed by atoms with van der Waals surface area (Å²) in [6, 6.07) is 1.97. The summed E-state index contributed by atoms with van der Waals surface area (Å²) < 4.78 is 4.90. The highest BCUT2D eigenvalue weighted by atomic mass is 32.2. The molecule has 0 aliphatic carbocycles. The van der Waals surface area contributed by atoms with Crippen LogP contribution in [0.5, 0.6) is 0 Å². The van der Waals surface area contributed by atoms with E-state index in [-0.39, 0.29) is 0 Å². The van der Waals surface area contributed by atoms with Crippen LogP contribution in [0, 0.1) is 6.92 Å². The summed E-state index contributed by atoms with van der Waals surface area (Å²) in [5.74, 6) is 2.99. The van der Waals surface area contributed by atoms with Crippen LogP contribution in [0.3, 0.4) is 0 Å². The first-order valence-electron chi connectivity index (χ1n) is 3.33. The van der Waals surface area contributed by atoms with Crippen molar-refractivity contribution in [3.63, 3.8) is 0 Å². The van der Waals surface area contributed by atoms with Gasteiger partial charge in [0.1, 0.15) is 5.76 Å². The van der Waals surface area contributed by atoms with Crippen LogP contribution in [0.25, 0.3) is 0 Å². The molecule has 10 heavy (non-hydrogen) atoms. The Kier molecular flexibility index (Phi) is 2.81. The van der Waals surface area contributed by atoms with Crippen LogP contribution in [-0.4, -0.2) is 10.9 Å². The fourth-order valence-electron chi connectivity index (χ4n) is 0.693. The van der Waals surface area contributed by atoms with Crippen LogP contribution in [0.15, 0.2) is 10.6 Å². The second kappa shape index (κ2) is 3.66. The average molecular weight is 157 g/mol. The Balaban J connectivity index is 2.42. The second-order valence-electron chi connectivity index (χ2n) is 2.07. The molecule has 0 bridgehead atoms. The van der Waals surface area contributed by atoms with E-state index in [1.165, 1.54) is 0 Å². The van der Waals surface area contributed by atoms with Gasteiger partial charge < -0.3 is 4.52 Å². The Bertz CT molecular complexity index is 197. The largest absolute Gasteiger partial charge is 0.361 e. The van der Waals surface area contributed by atoms with Crippen LogP contribution < -0.4 is 0 Å². The molecule has 1 rings (SSSR count). The number of nitrogens with zero attached hydrogens (tertiary/aromatic N) is 1. The van der Waals surface area contributed by atoms with Crippen LogP contribution in [-0.2, 0) is 5.75 Å². The molecule has 0 N–H and O–H groups in total. The van der Waals surface area contributed by atoms with Crippen molar-refractivity contribution in [1.82, 2.24) is 5.16 Å². The highest BCUT2D eigenvalue weighted by molar-refractivity contribution is 7.98. The van der Waals surface area contributed by atoms with E-state index in [1.54, 1.807) is 0 Å². The van der Waals surface area contributed by atoms with Crippen molar-refractivity contribution in [2.24, 2.45) is 0 Å². The van der Waals surface area contributed by atoms with E-state index in [9.17, 15) is 0 Å². The topological polar surface area (TPSA) is 26.0 Å². The SMILES string of the molecule is CCSCc1cc(C)on1. The van der Waals surface area contributed by atoms with Gasteiger partial charge in [-0.15, -0.1) is 0 Å². The zero-order valence-corrected chi connectivity index (χ0v) is 7.07. The number of rotatable bonds is 3. The van der Waals surface area contributed by atoms with Gasteiger partial charge in [-0.1, -0.05) is 12.1 Å². The molecule has 1 heterocycles. The van der Waals surface area contributed by atoms with Crippen molar-refractivity contribution in [1.29, 1.82) is 0 Å². The minimum absolute atomic E-state index is 0.895. The highest BCUT2D eigenvalue weighted by Gasteiger charge is 1.97. The Morgan fingerprint density at radius 3 is 3.00 bits per heavy atom. The zero-order chi connectivity index (χ0) is 7.40. The molecule has 0 saturated carbocycles. The quantitative estimate of drug-likeness (QED) is 0.673. The van der Waals surface area contributed by atoms with Gasteiger partial charge in [-0.2, -0.15) is 11.8 Å². The van der Waals surface area contributed by atoms with E-state index < -0.39 is 0 Å². The number of aryl methyl sites for hydroxylation is 1. The summed E-state index contributed by atoms with van der Waals surface area (Å²) in [4.78, 5) is 0. The maximum atomic E-state index is 4.90. The predicted octanol–water partition coefficient (Wildman–Crippen LogP) is 2.24. The summed E-state index contributed by atoms with van der Waals surface area (Å²) in [6.07, 6.45) is 0. The minimum atomic E-state index is 0.895. The lowest BCUT2D eigenvalue weighted by Gasteiger charge is -1.88. The maximum Gasteiger partial charge on any atom is 0.133 e. The van der Waals surface area contributed by atoms with Gasteiger partial charge in [-0.05, 0) is 12.7 Å². The third-order valence-corrected chi connectivity index (χ3v) is 2.04. The number of thioether (sulfide) groups is 1. The summed E-state index contributed by atoms with van der Waals surface area (Å²) >= 11 is 1.85. The first kappa shape index (κ1) is 7.66. The molecule has 0 saturated heterocycles. The number of hydrogen-bond donors (Lipinski definition) is 0.